The third-order valence-electron chi connectivity index (χ3n) is 2.00. The van der Waals surface area contributed by atoms with Crippen LogP contribution in [0.5, 0.6) is 0 Å². The molecular weight excluding hydrogens is 224 g/mol. The van der Waals surface area contributed by atoms with Crippen LogP contribution in [0.4, 0.5) is 11.4 Å². The highest BCUT2D eigenvalue weighted by atomic mass is 32.1. The molecule has 0 aliphatic rings. The standard InChI is InChI=1S/C10H10N4OS/c1-6-8(11)2-9(16-6)10(15)14-7-3-12-5-13-4-7/h2-5H,11H2,1H3,(H,14,15). The lowest BCUT2D eigenvalue weighted by Gasteiger charge is -2.00. The number of nitrogen functional groups attached to an aromatic ring is 1. The molecule has 0 aliphatic carbocycles. The number of nitrogens with zero attached hydrogens (tertiary/aromatic N) is 2. The van der Waals surface area contributed by atoms with Crippen molar-refractivity contribution in [2.24, 2.45) is 0 Å². The number of rotatable bonds is 2. The van der Waals surface area contributed by atoms with E-state index < -0.39 is 0 Å². The number of aromatic nitrogens is 2. The van der Waals surface area contributed by atoms with Gasteiger partial charge in [0.2, 0.25) is 0 Å². The van der Waals surface area contributed by atoms with Crippen molar-refractivity contribution in [2.45, 2.75) is 6.92 Å². The Morgan fingerprint density at radius 2 is 2.12 bits per heavy atom. The maximum absolute atomic E-state index is 11.8. The predicted molar refractivity (Wildman–Crippen MR) is 63.5 cm³/mol. The van der Waals surface area contributed by atoms with Crippen molar-refractivity contribution >= 4 is 28.6 Å². The summed E-state index contributed by atoms with van der Waals surface area (Å²) >= 11 is 1.36. The number of hydrogen-bond acceptors (Lipinski definition) is 5. The van der Waals surface area contributed by atoms with Crippen molar-refractivity contribution in [1.82, 2.24) is 9.97 Å². The molecule has 0 atom stereocenters. The summed E-state index contributed by atoms with van der Waals surface area (Å²) in [6.45, 7) is 1.88. The molecule has 2 heterocycles. The minimum absolute atomic E-state index is 0.195. The van der Waals surface area contributed by atoms with Gasteiger partial charge in [-0.15, -0.1) is 11.3 Å². The fourth-order valence-corrected chi connectivity index (χ4v) is 2.00. The first-order valence-electron chi connectivity index (χ1n) is 4.59. The number of nitrogens with two attached hydrogens (primary N) is 1. The molecule has 0 bridgehead atoms. The number of carbonyl (C=O) groups is 1. The Hall–Kier alpha value is -1.95. The van der Waals surface area contributed by atoms with Crippen LogP contribution in [0.3, 0.4) is 0 Å². The van der Waals surface area contributed by atoms with Gasteiger partial charge in [0.1, 0.15) is 6.33 Å². The van der Waals surface area contributed by atoms with E-state index in [4.69, 9.17) is 5.73 Å². The first kappa shape index (κ1) is 10.6. The topological polar surface area (TPSA) is 80.9 Å². The van der Waals surface area contributed by atoms with Crippen molar-refractivity contribution in [3.8, 4) is 0 Å². The normalized spacial score (nSPS) is 10.1. The molecule has 0 unspecified atom stereocenters. The van der Waals surface area contributed by atoms with Crippen LogP contribution in [-0.2, 0) is 0 Å². The number of thiophene rings is 1. The van der Waals surface area contributed by atoms with Crippen LogP contribution in [0.25, 0.3) is 0 Å². The first-order chi connectivity index (χ1) is 7.66. The van der Waals surface area contributed by atoms with Crippen molar-refractivity contribution < 1.29 is 4.79 Å². The quantitative estimate of drug-likeness (QED) is 0.828. The molecule has 0 radical (unpaired) electrons. The summed E-state index contributed by atoms with van der Waals surface area (Å²) in [5.41, 5.74) is 6.88. The summed E-state index contributed by atoms with van der Waals surface area (Å²) in [7, 11) is 0. The molecule has 0 saturated carbocycles. The van der Waals surface area contributed by atoms with E-state index in [0.717, 1.165) is 4.88 Å². The van der Waals surface area contributed by atoms with E-state index in [2.05, 4.69) is 15.3 Å². The Balaban J connectivity index is 2.15. The summed E-state index contributed by atoms with van der Waals surface area (Å²) in [4.78, 5) is 20.9. The van der Waals surface area contributed by atoms with Gasteiger partial charge in [0.05, 0.1) is 23.0 Å². The third kappa shape index (κ3) is 2.17. The van der Waals surface area contributed by atoms with Gasteiger partial charge in [-0.2, -0.15) is 0 Å². The molecule has 5 nitrogen and oxygen atoms in total. The van der Waals surface area contributed by atoms with Crippen molar-refractivity contribution in [1.29, 1.82) is 0 Å². The summed E-state index contributed by atoms with van der Waals surface area (Å²) in [5.74, 6) is -0.195. The van der Waals surface area contributed by atoms with Gasteiger partial charge in [-0.05, 0) is 13.0 Å². The minimum atomic E-state index is -0.195. The zero-order chi connectivity index (χ0) is 11.5. The number of hydrogen-bond donors (Lipinski definition) is 2. The maximum atomic E-state index is 11.8. The van der Waals surface area contributed by atoms with Crippen LogP contribution in [0.1, 0.15) is 14.5 Å². The molecule has 0 spiro atoms. The fourth-order valence-electron chi connectivity index (χ4n) is 1.16. The average Bonchev–Trinajstić information content (AvgIpc) is 2.61. The molecule has 0 saturated heterocycles. The smallest absolute Gasteiger partial charge is 0.265 e. The second kappa shape index (κ2) is 4.28. The largest absolute Gasteiger partial charge is 0.398 e. The Labute approximate surface area is 96.3 Å². The van der Waals surface area contributed by atoms with Gasteiger partial charge >= 0.3 is 0 Å². The highest BCUT2D eigenvalue weighted by molar-refractivity contribution is 7.14. The van der Waals surface area contributed by atoms with E-state index in [1.54, 1.807) is 6.07 Å². The van der Waals surface area contributed by atoms with E-state index in [9.17, 15) is 4.79 Å². The number of aryl methyl sites for hydroxylation is 1. The fraction of sp³-hybridized carbons (Fsp3) is 0.100. The molecule has 82 valence electrons. The molecule has 3 N–H and O–H groups in total. The maximum Gasteiger partial charge on any atom is 0.265 e. The number of nitrogens with one attached hydrogen (secondary N) is 1. The Kier molecular flexibility index (Phi) is 2.82. The van der Waals surface area contributed by atoms with Crippen LogP contribution in [-0.4, -0.2) is 15.9 Å². The summed E-state index contributed by atoms with van der Waals surface area (Å²) in [6.07, 6.45) is 4.48. The lowest BCUT2D eigenvalue weighted by atomic mass is 10.3. The molecule has 2 aromatic heterocycles. The van der Waals surface area contributed by atoms with E-state index in [1.165, 1.54) is 30.1 Å². The summed E-state index contributed by atoms with van der Waals surface area (Å²) < 4.78 is 0. The molecule has 0 aliphatic heterocycles. The van der Waals surface area contributed by atoms with Crippen molar-refractivity contribution in [3.63, 3.8) is 0 Å². The van der Waals surface area contributed by atoms with Crippen molar-refractivity contribution in [2.75, 3.05) is 11.1 Å². The van der Waals surface area contributed by atoms with Gasteiger partial charge < -0.3 is 11.1 Å². The molecule has 0 aromatic carbocycles. The second-order valence-corrected chi connectivity index (χ2v) is 4.46. The van der Waals surface area contributed by atoms with Crippen LogP contribution in [0, 0.1) is 6.92 Å². The Morgan fingerprint density at radius 3 is 2.69 bits per heavy atom. The third-order valence-corrected chi connectivity index (χ3v) is 3.06. The van der Waals surface area contributed by atoms with Gasteiger partial charge in [0.15, 0.2) is 0 Å². The van der Waals surface area contributed by atoms with Crippen LogP contribution in [0.15, 0.2) is 24.8 Å². The number of anilines is 2. The molecule has 6 heteroatoms. The monoisotopic (exact) mass is 234 g/mol. The zero-order valence-corrected chi connectivity index (χ0v) is 9.41. The number of amides is 1. The van der Waals surface area contributed by atoms with E-state index in [1.807, 2.05) is 6.92 Å². The second-order valence-electron chi connectivity index (χ2n) is 3.20. The van der Waals surface area contributed by atoms with Gasteiger partial charge in [0.25, 0.3) is 5.91 Å². The molecule has 2 rings (SSSR count). The Bertz CT molecular complexity index is 489. The van der Waals surface area contributed by atoms with Crippen LogP contribution < -0.4 is 11.1 Å². The van der Waals surface area contributed by atoms with Gasteiger partial charge in [-0.25, -0.2) is 9.97 Å². The van der Waals surface area contributed by atoms with Crippen LogP contribution >= 0.6 is 11.3 Å². The van der Waals surface area contributed by atoms with E-state index >= 15 is 0 Å². The number of carbonyl (C=O) groups excluding carboxylic acids is 1. The van der Waals surface area contributed by atoms with Gasteiger partial charge in [-0.1, -0.05) is 0 Å². The summed E-state index contributed by atoms with van der Waals surface area (Å²) in [6, 6.07) is 1.67. The molecule has 16 heavy (non-hydrogen) atoms. The summed E-state index contributed by atoms with van der Waals surface area (Å²) in [5, 5.41) is 2.69. The average molecular weight is 234 g/mol. The van der Waals surface area contributed by atoms with Gasteiger partial charge in [0, 0.05) is 10.6 Å². The highest BCUT2D eigenvalue weighted by Crippen LogP contribution is 2.23. The lowest BCUT2D eigenvalue weighted by Crippen LogP contribution is -2.10. The molecule has 0 fully saturated rings. The Morgan fingerprint density at radius 1 is 1.44 bits per heavy atom. The first-order valence-corrected chi connectivity index (χ1v) is 5.41. The minimum Gasteiger partial charge on any atom is -0.398 e. The van der Waals surface area contributed by atoms with E-state index in [-0.39, 0.29) is 5.91 Å². The van der Waals surface area contributed by atoms with Crippen molar-refractivity contribution in [3.05, 3.63) is 34.5 Å². The SMILES string of the molecule is Cc1sc(C(=O)Nc2cncnc2)cc1N. The van der Waals surface area contributed by atoms with Crippen LogP contribution in [0.2, 0.25) is 0 Å². The van der Waals surface area contributed by atoms with Gasteiger partial charge in [-0.3, -0.25) is 4.79 Å². The molecule has 1 amide bonds. The highest BCUT2D eigenvalue weighted by Gasteiger charge is 2.11. The predicted octanol–water partition coefficient (Wildman–Crippen LogP) is 1.68. The van der Waals surface area contributed by atoms with E-state index in [0.29, 0.717) is 16.3 Å². The lowest BCUT2D eigenvalue weighted by molar-refractivity contribution is 0.103. The molecular formula is C10H10N4OS. The molecule has 2 aromatic rings. The zero-order valence-electron chi connectivity index (χ0n) is 8.60.